The zero-order valence-electron chi connectivity index (χ0n) is 58.7. The first kappa shape index (κ1) is 79.7. The number of carbonyl (C=O) groups excluding carboxylic acids is 6. The minimum atomic E-state index is -4.80. The summed E-state index contributed by atoms with van der Waals surface area (Å²) in [4.78, 5) is 114. The van der Waals surface area contributed by atoms with Gasteiger partial charge < -0.3 is 69.6 Å². The molecule has 1 aliphatic carbocycles. The van der Waals surface area contributed by atoms with E-state index in [-0.39, 0.29) is 98.2 Å². The van der Waals surface area contributed by atoms with Crippen molar-refractivity contribution in [2.45, 2.75) is 198 Å². The fourth-order valence-corrected chi connectivity index (χ4v) is 16.4. The number of hydrogen-bond donors (Lipinski definition) is 6. The number of anilines is 2. The fraction of sp³-hybridized carbons (Fsp3) is 0.700. The number of ether oxygens (including phenoxy) is 6. The summed E-state index contributed by atoms with van der Waals surface area (Å²) in [5, 5.41) is 38.0. The van der Waals surface area contributed by atoms with E-state index in [0.29, 0.717) is 87.1 Å². The Kier molecular flexibility index (Phi) is 29.5. The number of aliphatic hydroxyl groups excluding tert-OH is 2. The standard InChI is InChI=1S/C70H102F3N9O16S2/c1-41-31-42(2)33-55(94-7)62-56(95-8)35-44(4)69(92,98-62)63(87)65(88)80-25-13-10-16-49(80)66(89)97-61(43(3)34-46-18-20-51(83)54(36-46)93-6)45(5)52(84)38-53(85)48(32-41)15-14-17-59(86)75-22-29-99-100-30-28-96-68(91)81(27-26-79-23-11-9-12-24-79)58-21-19-47(39-76-58)40-82-50-37-57(70(71,72)73)77-64(74)60(50)78-67(82)90/h14,17,19,21,34,37,39,41-42,44-46,48-49,51-52,54-56,61-62,83-84,92H,9-13,15-16,18,20,22-33,35-36,38,40H2,1-8H3,(H2,74,77)(H,75,86)(H,78,90)/b17-14+,43-34+/t41?,42-,44-,45-,46+,48+,49?,51-,52+,54-,55-,56+,61-,62+,69-/m1/s1. The number of likely N-dealkylation sites (tertiary alicyclic amines) is 1. The second-order valence-electron chi connectivity index (χ2n) is 27.8. The number of allylic oxidation sites excluding steroid dienone is 2. The van der Waals surface area contributed by atoms with Crippen LogP contribution in [0.5, 0.6) is 0 Å². The quantitative estimate of drug-likeness (QED) is 0.0148. The Morgan fingerprint density at radius 2 is 1.58 bits per heavy atom. The number of nitrogens with zero attached hydrogens (tertiary/aromatic N) is 6. The number of nitrogens with two attached hydrogens (primary N) is 1. The molecule has 7 N–H and O–H groups in total. The van der Waals surface area contributed by atoms with Gasteiger partial charge in [-0.05, 0) is 151 Å². The number of alkyl halides is 3. The monoisotopic (exact) mass is 1450 g/mol. The average molecular weight is 1450 g/mol. The van der Waals surface area contributed by atoms with Crippen molar-refractivity contribution in [1.82, 2.24) is 34.6 Å². The summed E-state index contributed by atoms with van der Waals surface area (Å²) in [7, 11) is 7.45. The third-order valence-electron chi connectivity index (χ3n) is 20.3. The molecular weight excluding hydrogens is 1340 g/mol. The lowest BCUT2D eigenvalue weighted by Crippen LogP contribution is -2.64. The van der Waals surface area contributed by atoms with E-state index in [9.17, 15) is 62.1 Å². The molecule has 0 spiro atoms. The van der Waals surface area contributed by atoms with Crippen molar-refractivity contribution in [2.75, 3.05) is 89.3 Å². The molecule has 15 atom stereocenters. The highest BCUT2D eigenvalue weighted by Crippen LogP contribution is 2.41. The Morgan fingerprint density at radius 3 is 2.28 bits per heavy atom. The maximum absolute atomic E-state index is 14.7. The van der Waals surface area contributed by atoms with E-state index in [1.807, 2.05) is 19.9 Å². The number of ketones is 2. The molecule has 2 bridgehead atoms. The van der Waals surface area contributed by atoms with Crippen molar-refractivity contribution < 1.29 is 85.7 Å². The van der Waals surface area contributed by atoms with Gasteiger partial charge >= 0.3 is 23.9 Å². The second-order valence-corrected chi connectivity index (χ2v) is 30.5. The Balaban J connectivity index is 0.897. The molecule has 1 saturated carbocycles. The topological polar surface area (TPSA) is 330 Å². The summed E-state index contributed by atoms with van der Waals surface area (Å²) in [5.74, 6) is -8.30. The number of esters is 1. The summed E-state index contributed by atoms with van der Waals surface area (Å²) in [5.41, 5.74) is 4.82. The van der Waals surface area contributed by atoms with Crippen LogP contribution in [0, 0.1) is 35.5 Å². The fourth-order valence-electron chi connectivity index (χ4n) is 14.7. The molecule has 30 heteroatoms. The lowest BCUT2D eigenvalue weighted by molar-refractivity contribution is -0.302. The number of aliphatic hydroxyl groups is 3. The van der Waals surface area contributed by atoms with Gasteiger partial charge in [-0.2, -0.15) is 13.2 Å². The van der Waals surface area contributed by atoms with Crippen LogP contribution in [-0.2, 0) is 65.1 Å². The highest BCUT2D eigenvalue weighted by molar-refractivity contribution is 8.76. The number of methoxy groups -OCH3 is 3. The van der Waals surface area contributed by atoms with Crippen LogP contribution in [0.1, 0.15) is 142 Å². The van der Waals surface area contributed by atoms with Crippen LogP contribution < -0.4 is 21.6 Å². The zero-order chi connectivity index (χ0) is 72.6. The van der Waals surface area contributed by atoms with Crippen LogP contribution in [-0.4, -0.2) is 213 Å². The number of cyclic esters (lactones) is 1. The molecule has 5 fully saturated rings. The number of fused-ring (bicyclic) bond motifs is 4. The van der Waals surface area contributed by atoms with Gasteiger partial charge in [0.25, 0.3) is 11.7 Å². The van der Waals surface area contributed by atoms with Crippen LogP contribution >= 0.6 is 21.6 Å². The van der Waals surface area contributed by atoms with E-state index < -0.39 is 119 Å². The maximum Gasteiger partial charge on any atom is 0.433 e. The number of pyridine rings is 2. The van der Waals surface area contributed by atoms with Gasteiger partial charge in [0.05, 0.1) is 42.6 Å². The first-order chi connectivity index (χ1) is 47.6. The number of carbonyl (C=O) groups is 6. The van der Waals surface area contributed by atoms with E-state index in [2.05, 4.69) is 25.2 Å². The van der Waals surface area contributed by atoms with Gasteiger partial charge in [-0.3, -0.25) is 28.6 Å². The minimum Gasteiger partial charge on any atom is -0.456 e. The molecule has 3 aromatic heterocycles. The average Bonchev–Trinajstić information content (AvgIpc) is 1.14. The van der Waals surface area contributed by atoms with Gasteiger partial charge in [0.1, 0.15) is 53.5 Å². The van der Waals surface area contributed by atoms with Crippen molar-refractivity contribution in [2.24, 2.45) is 35.5 Å². The molecule has 4 saturated heterocycles. The number of nitrogen functional groups attached to an aromatic ring is 1. The van der Waals surface area contributed by atoms with Crippen LogP contribution in [0.25, 0.3) is 11.0 Å². The number of Topliss-reactive ketones (excluding diaryl/α,β-unsaturated/α-hetero) is 2. The number of amides is 3. The van der Waals surface area contributed by atoms with Crippen LogP contribution in [0.4, 0.5) is 29.6 Å². The molecular formula is C70H102F3N9O16S2. The molecule has 3 aromatic rings. The summed E-state index contributed by atoms with van der Waals surface area (Å²) in [6.07, 6.45) is 2.44. The predicted octanol–water partition coefficient (Wildman–Crippen LogP) is 7.80. The predicted molar refractivity (Wildman–Crippen MR) is 372 cm³/mol. The third kappa shape index (κ3) is 20.9. The van der Waals surface area contributed by atoms with Crippen LogP contribution in [0.15, 0.2) is 53.0 Å². The molecule has 0 aromatic carbocycles. The van der Waals surface area contributed by atoms with Crippen LogP contribution in [0.3, 0.4) is 0 Å². The van der Waals surface area contributed by atoms with Crippen LogP contribution in [0.2, 0.25) is 0 Å². The normalized spacial score (nSPS) is 30.0. The number of piperidine rings is 2. The smallest absolute Gasteiger partial charge is 0.433 e. The molecule has 5 aliphatic rings. The van der Waals surface area contributed by atoms with Crippen molar-refractivity contribution in [3.8, 4) is 0 Å². The maximum atomic E-state index is 14.7. The first-order valence-electron chi connectivity index (χ1n) is 35.0. The van der Waals surface area contributed by atoms with E-state index in [1.165, 1.54) is 60.1 Å². The largest absolute Gasteiger partial charge is 0.456 e. The number of rotatable bonds is 21. The number of H-pyrrole nitrogens is 1. The van der Waals surface area contributed by atoms with Gasteiger partial charge in [-0.25, -0.2) is 24.4 Å². The van der Waals surface area contributed by atoms with Crippen molar-refractivity contribution in [1.29, 1.82) is 0 Å². The lowest BCUT2D eigenvalue weighted by Gasteiger charge is -2.47. The van der Waals surface area contributed by atoms with E-state index in [4.69, 9.17) is 34.2 Å². The van der Waals surface area contributed by atoms with Crippen molar-refractivity contribution in [3.05, 3.63) is 69.9 Å². The van der Waals surface area contributed by atoms with Gasteiger partial charge in [0.15, 0.2) is 0 Å². The van der Waals surface area contributed by atoms with Gasteiger partial charge in [0.2, 0.25) is 11.7 Å². The molecule has 25 nitrogen and oxygen atoms in total. The number of halogens is 3. The highest BCUT2D eigenvalue weighted by atomic mass is 33.1. The number of aromatic nitrogens is 4. The molecule has 8 rings (SSSR count). The molecule has 4 aliphatic heterocycles. The summed E-state index contributed by atoms with van der Waals surface area (Å²) in [6, 6.07) is 2.75. The number of imidazole rings is 1. The Morgan fingerprint density at radius 1 is 0.880 bits per heavy atom. The second kappa shape index (κ2) is 37.0. The molecule has 2 unspecified atom stereocenters. The summed E-state index contributed by atoms with van der Waals surface area (Å²) in [6.45, 7) is 12.0. The molecule has 100 heavy (non-hydrogen) atoms. The Bertz CT molecular complexity index is 3370. The highest BCUT2D eigenvalue weighted by Gasteiger charge is 2.57. The summed E-state index contributed by atoms with van der Waals surface area (Å²) >= 11 is 0. The lowest BCUT2D eigenvalue weighted by atomic mass is 9.79. The van der Waals surface area contributed by atoms with E-state index in [1.54, 1.807) is 39.0 Å². The molecule has 3 amide bonds. The summed E-state index contributed by atoms with van der Waals surface area (Å²) < 4.78 is 78.0. The van der Waals surface area contributed by atoms with Crippen molar-refractivity contribution in [3.63, 3.8) is 0 Å². The number of aromatic amines is 1. The number of nitrogens with one attached hydrogen (secondary N) is 2. The van der Waals surface area contributed by atoms with E-state index in [0.717, 1.165) is 47.9 Å². The Labute approximate surface area is 590 Å². The molecule has 7 heterocycles. The first-order valence-corrected chi connectivity index (χ1v) is 37.5. The third-order valence-corrected chi connectivity index (χ3v) is 22.7. The number of hydrogen-bond acceptors (Lipinski definition) is 22. The van der Waals surface area contributed by atoms with Gasteiger partial charge in [-0.15, -0.1) is 0 Å². The van der Waals surface area contributed by atoms with E-state index >= 15 is 0 Å². The zero-order valence-corrected chi connectivity index (χ0v) is 60.3. The SMILES string of the molecule is CO[C@H]1C[C@@H](C)[C@@]2(O)O[C@H]1[C@H](OC)C[C@H](C)CC(C)C[C@H](C/C=C/C(=O)NCCSSCCOC(=O)N(CCN1CCCCC1)c1ccc(Cn3c(=O)[nH]c4c(N)nc(C(F)(F)F)cc43)cn1)C(=O)C[C@H](O)[C@@H](C)[C@@H](/C(C)=C/[C@@H]1CC[C@@H](O)[C@H](OC)C1)OC(=O)C1CCCCN1C(=O)C2=O. The van der Waals surface area contributed by atoms with Gasteiger partial charge in [0, 0.05) is 89.4 Å². The van der Waals surface area contributed by atoms with Crippen molar-refractivity contribution >= 4 is 79.7 Å². The molecule has 556 valence electrons. The molecule has 0 radical (unpaired) electrons. The van der Waals surface area contributed by atoms with Gasteiger partial charge in [-0.1, -0.05) is 73.9 Å². The minimum absolute atomic E-state index is 0.0248. The Hall–Kier alpha value is -5.96.